The fraction of sp³-hybridized carbons (Fsp3) is 0.500. The molecule has 0 bridgehead atoms. The zero-order valence-electron chi connectivity index (χ0n) is 10.7. The summed E-state index contributed by atoms with van der Waals surface area (Å²) in [5.41, 5.74) is 2.00. The zero-order valence-corrected chi connectivity index (χ0v) is 10.7. The van der Waals surface area contributed by atoms with E-state index in [4.69, 9.17) is 5.11 Å². The van der Waals surface area contributed by atoms with Crippen LogP contribution in [-0.2, 0) is 6.42 Å². The van der Waals surface area contributed by atoms with Gasteiger partial charge in [0.05, 0.1) is 6.61 Å². The van der Waals surface area contributed by atoms with Crippen LogP contribution in [0.4, 0.5) is 10.5 Å². The molecule has 0 aromatic heterocycles. The van der Waals surface area contributed by atoms with E-state index in [0.717, 1.165) is 30.5 Å². The number of anilines is 1. The maximum Gasteiger partial charge on any atom is 0.322 e. The van der Waals surface area contributed by atoms with Crippen LogP contribution >= 0.6 is 0 Å². The Morgan fingerprint density at radius 1 is 1.44 bits per heavy atom. The van der Waals surface area contributed by atoms with Crippen LogP contribution in [0.2, 0.25) is 0 Å². The van der Waals surface area contributed by atoms with Gasteiger partial charge in [-0.25, -0.2) is 4.79 Å². The Balaban J connectivity index is 2.04. The summed E-state index contributed by atoms with van der Waals surface area (Å²) >= 11 is 0. The Kier molecular flexibility index (Phi) is 4.20. The molecule has 18 heavy (non-hydrogen) atoms. The molecule has 1 aliphatic rings. The van der Waals surface area contributed by atoms with E-state index in [0.29, 0.717) is 12.6 Å². The Morgan fingerprint density at radius 2 is 2.17 bits per heavy atom. The van der Waals surface area contributed by atoms with Gasteiger partial charge in [0.15, 0.2) is 0 Å². The van der Waals surface area contributed by atoms with Gasteiger partial charge in [0.2, 0.25) is 0 Å². The number of carbonyl (C=O) groups is 1. The van der Waals surface area contributed by atoms with Crippen molar-refractivity contribution in [2.24, 2.45) is 0 Å². The van der Waals surface area contributed by atoms with Gasteiger partial charge >= 0.3 is 6.03 Å². The smallest absolute Gasteiger partial charge is 0.322 e. The van der Waals surface area contributed by atoms with Gasteiger partial charge in [-0.2, -0.15) is 0 Å². The third-order valence-corrected chi connectivity index (χ3v) is 3.23. The highest BCUT2D eigenvalue weighted by atomic mass is 16.3. The highest BCUT2D eigenvalue weighted by Crippen LogP contribution is 2.27. The van der Waals surface area contributed by atoms with Crippen LogP contribution < -0.4 is 5.32 Å². The van der Waals surface area contributed by atoms with E-state index in [9.17, 15) is 4.79 Å². The van der Waals surface area contributed by atoms with E-state index >= 15 is 0 Å². The molecule has 1 aliphatic carbocycles. The lowest BCUT2D eigenvalue weighted by molar-refractivity contribution is 0.185. The van der Waals surface area contributed by atoms with Gasteiger partial charge in [-0.15, -0.1) is 0 Å². The number of urea groups is 1. The van der Waals surface area contributed by atoms with Crippen LogP contribution in [0.15, 0.2) is 24.3 Å². The molecule has 0 heterocycles. The van der Waals surface area contributed by atoms with Gasteiger partial charge in [0.1, 0.15) is 0 Å². The fourth-order valence-electron chi connectivity index (χ4n) is 2.08. The summed E-state index contributed by atoms with van der Waals surface area (Å²) in [5.74, 6) is 0. The second-order valence-corrected chi connectivity index (χ2v) is 4.59. The van der Waals surface area contributed by atoms with Gasteiger partial charge in [0.25, 0.3) is 0 Å². The van der Waals surface area contributed by atoms with Crippen LogP contribution in [-0.4, -0.2) is 35.2 Å². The normalized spacial score (nSPS) is 14.3. The van der Waals surface area contributed by atoms with E-state index < -0.39 is 0 Å². The van der Waals surface area contributed by atoms with Crippen molar-refractivity contribution in [3.05, 3.63) is 29.8 Å². The number of hydrogen-bond acceptors (Lipinski definition) is 2. The highest BCUT2D eigenvalue weighted by Gasteiger charge is 2.32. The Hall–Kier alpha value is -1.55. The van der Waals surface area contributed by atoms with Gasteiger partial charge in [-0.3, -0.25) is 0 Å². The topological polar surface area (TPSA) is 52.6 Å². The number of nitrogens with one attached hydrogen (secondary N) is 1. The molecule has 1 aromatic rings. The molecule has 1 aromatic carbocycles. The van der Waals surface area contributed by atoms with Crippen molar-refractivity contribution in [2.45, 2.75) is 32.2 Å². The number of amides is 2. The standard InChI is InChI=1S/C14H20N2O2/c1-2-11-5-3-4-6-13(11)15-14(18)16(9-10-17)12-7-8-12/h3-6,12,17H,2,7-10H2,1H3,(H,15,18). The summed E-state index contributed by atoms with van der Waals surface area (Å²) in [5, 5.41) is 12.0. The number of aliphatic hydroxyl groups excluding tert-OH is 1. The van der Waals surface area contributed by atoms with Crippen molar-refractivity contribution in [1.82, 2.24) is 4.90 Å². The number of hydrogen-bond donors (Lipinski definition) is 2. The van der Waals surface area contributed by atoms with Gasteiger partial charge in [-0.1, -0.05) is 25.1 Å². The third kappa shape index (κ3) is 3.01. The minimum absolute atomic E-state index is 0.0132. The molecule has 2 N–H and O–H groups in total. The van der Waals surface area contributed by atoms with E-state index in [1.165, 1.54) is 0 Å². The molecular weight excluding hydrogens is 228 g/mol. The van der Waals surface area contributed by atoms with Crippen molar-refractivity contribution < 1.29 is 9.90 Å². The zero-order chi connectivity index (χ0) is 13.0. The minimum Gasteiger partial charge on any atom is -0.395 e. The predicted molar refractivity (Wildman–Crippen MR) is 71.7 cm³/mol. The number of aryl methyl sites for hydroxylation is 1. The first-order chi connectivity index (χ1) is 8.76. The second kappa shape index (κ2) is 5.87. The molecule has 0 spiro atoms. The number of carbonyl (C=O) groups excluding carboxylic acids is 1. The lowest BCUT2D eigenvalue weighted by atomic mass is 10.1. The average molecular weight is 248 g/mol. The van der Waals surface area contributed by atoms with Crippen LogP contribution in [0.25, 0.3) is 0 Å². The third-order valence-electron chi connectivity index (χ3n) is 3.23. The van der Waals surface area contributed by atoms with Crippen molar-refractivity contribution >= 4 is 11.7 Å². The highest BCUT2D eigenvalue weighted by molar-refractivity contribution is 5.90. The first-order valence-corrected chi connectivity index (χ1v) is 6.52. The Labute approximate surface area is 108 Å². The average Bonchev–Trinajstić information content (AvgIpc) is 3.20. The van der Waals surface area contributed by atoms with E-state index in [-0.39, 0.29) is 12.6 Å². The largest absolute Gasteiger partial charge is 0.395 e. The summed E-state index contributed by atoms with van der Waals surface area (Å²) in [4.78, 5) is 13.9. The van der Waals surface area contributed by atoms with Crippen molar-refractivity contribution in [2.75, 3.05) is 18.5 Å². The lowest BCUT2D eigenvalue weighted by Gasteiger charge is -2.22. The summed E-state index contributed by atoms with van der Waals surface area (Å²) in [7, 11) is 0. The van der Waals surface area contributed by atoms with Crippen molar-refractivity contribution in [1.29, 1.82) is 0 Å². The predicted octanol–water partition coefficient (Wildman–Crippen LogP) is 2.24. The Bertz CT molecular complexity index is 416. The maximum atomic E-state index is 12.2. The summed E-state index contributed by atoms with van der Waals surface area (Å²) in [6.45, 7) is 2.49. The molecular formula is C14H20N2O2. The molecule has 4 nitrogen and oxygen atoms in total. The minimum atomic E-state index is -0.104. The molecule has 98 valence electrons. The lowest BCUT2D eigenvalue weighted by Crippen LogP contribution is -2.38. The van der Waals surface area contributed by atoms with Gasteiger partial charge in [-0.05, 0) is 30.9 Å². The van der Waals surface area contributed by atoms with Crippen LogP contribution in [0, 0.1) is 0 Å². The molecule has 0 atom stereocenters. The molecule has 1 saturated carbocycles. The summed E-state index contributed by atoms with van der Waals surface area (Å²) in [6.07, 6.45) is 2.98. The number of nitrogens with zero attached hydrogens (tertiary/aromatic N) is 1. The molecule has 0 saturated heterocycles. The molecule has 0 unspecified atom stereocenters. The van der Waals surface area contributed by atoms with E-state index in [1.807, 2.05) is 24.3 Å². The quantitative estimate of drug-likeness (QED) is 0.839. The first-order valence-electron chi connectivity index (χ1n) is 6.52. The SMILES string of the molecule is CCc1ccccc1NC(=O)N(CCO)C1CC1. The summed E-state index contributed by atoms with van der Waals surface area (Å²) in [6, 6.07) is 8.03. The van der Waals surface area contributed by atoms with Crippen LogP contribution in [0.1, 0.15) is 25.3 Å². The second-order valence-electron chi connectivity index (χ2n) is 4.59. The number of para-hydroxylation sites is 1. The van der Waals surface area contributed by atoms with Crippen LogP contribution in [0.5, 0.6) is 0 Å². The molecule has 0 radical (unpaired) electrons. The van der Waals surface area contributed by atoms with E-state index in [2.05, 4.69) is 12.2 Å². The fourth-order valence-corrected chi connectivity index (χ4v) is 2.08. The molecule has 1 fully saturated rings. The number of rotatable bonds is 5. The van der Waals surface area contributed by atoms with Crippen molar-refractivity contribution in [3.8, 4) is 0 Å². The van der Waals surface area contributed by atoms with Gasteiger partial charge in [0, 0.05) is 18.3 Å². The monoisotopic (exact) mass is 248 g/mol. The Morgan fingerprint density at radius 3 is 2.78 bits per heavy atom. The maximum absolute atomic E-state index is 12.2. The number of benzene rings is 1. The molecule has 4 heteroatoms. The van der Waals surface area contributed by atoms with Crippen molar-refractivity contribution in [3.63, 3.8) is 0 Å². The van der Waals surface area contributed by atoms with E-state index in [1.54, 1.807) is 4.90 Å². The first kappa shape index (κ1) is 12.9. The number of aliphatic hydroxyl groups is 1. The molecule has 0 aliphatic heterocycles. The molecule has 2 amide bonds. The summed E-state index contributed by atoms with van der Waals surface area (Å²) < 4.78 is 0. The van der Waals surface area contributed by atoms with Gasteiger partial charge < -0.3 is 15.3 Å². The van der Waals surface area contributed by atoms with Crippen LogP contribution in [0.3, 0.4) is 0 Å². The molecule has 2 rings (SSSR count).